The van der Waals surface area contributed by atoms with Crippen molar-refractivity contribution in [2.24, 2.45) is 0 Å². The number of pyridine rings is 1. The van der Waals surface area contributed by atoms with Gasteiger partial charge in [0.25, 0.3) is 0 Å². The third-order valence-electron chi connectivity index (χ3n) is 8.32. The topological polar surface area (TPSA) is 36.9 Å². The number of aromatic nitrogens is 1. The zero-order valence-electron chi connectivity index (χ0n) is 27.7. The molecule has 308 valence electrons. The normalized spacial score (nSPS) is 11.4. The van der Waals surface area contributed by atoms with Crippen LogP contribution in [0.15, 0.2) is 30.6 Å². The summed E-state index contributed by atoms with van der Waals surface area (Å²) in [6.07, 6.45) is -1.07. The van der Waals surface area contributed by atoms with Gasteiger partial charge in [0.15, 0.2) is 76.4 Å². The highest BCUT2D eigenvalue weighted by molar-refractivity contribution is 7.20. The first kappa shape index (κ1) is 44.7. The maximum Gasteiger partial charge on any atom is 0.222 e. The zero-order valence-corrected chi connectivity index (χ0v) is 27.7. The SMILES string of the molecule is Fc1c(F)c(F)c([B-](c2c(F)c(F)c(F)c(F)c2F)(c2c(F)c(F)c(F)c(F)c2F)c2c(F)c(F)c(F)c(F)c2F)c(F)c1F.N#CCCCCO[n+]1ccccc1. The first-order valence-corrected chi connectivity index (χ1v) is 15.3. The molecule has 1 heterocycles. The summed E-state index contributed by atoms with van der Waals surface area (Å²) in [7, 11) is 0. The van der Waals surface area contributed by atoms with E-state index in [9.17, 15) is 52.7 Å². The molecular formula is C34H13BF20N2O. The molecule has 0 aliphatic rings. The van der Waals surface area contributed by atoms with Gasteiger partial charge in [-0.05, 0) is 12.8 Å². The monoisotopic (exact) mass is 856 g/mol. The van der Waals surface area contributed by atoms with E-state index in [1.54, 1.807) is 4.73 Å². The zero-order chi connectivity index (χ0) is 43.7. The molecule has 0 saturated carbocycles. The second-order valence-corrected chi connectivity index (χ2v) is 11.5. The molecule has 3 nitrogen and oxygen atoms in total. The van der Waals surface area contributed by atoms with E-state index in [0.29, 0.717) is 13.0 Å². The van der Waals surface area contributed by atoms with Crippen LogP contribution >= 0.6 is 0 Å². The van der Waals surface area contributed by atoms with Gasteiger partial charge in [-0.2, -0.15) is 5.26 Å². The molecule has 0 spiro atoms. The Hall–Kier alpha value is -6.02. The van der Waals surface area contributed by atoms with Crippen LogP contribution in [0.5, 0.6) is 0 Å². The third-order valence-corrected chi connectivity index (χ3v) is 8.32. The Labute approximate surface area is 309 Å². The predicted octanol–water partition coefficient (Wildman–Crippen LogP) is 6.94. The molecule has 4 aromatic carbocycles. The van der Waals surface area contributed by atoms with Crippen LogP contribution in [-0.4, -0.2) is 12.8 Å². The van der Waals surface area contributed by atoms with Gasteiger partial charge in [-0.15, -0.1) is 21.9 Å². The van der Waals surface area contributed by atoms with Crippen molar-refractivity contribution in [1.82, 2.24) is 0 Å². The number of nitriles is 1. The van der Waals surface area contributed by atoms with Gasteiger partial charge in [-0.3, -0.25) is 4.84 Å². The molecule has 0 unspecified atom stereocenters. The summed E-state index contributed by atoms with van der Waals surface area (Å²) >= 11 is 0. The van der Waals surface area contributed by atoms with Crippen molar-refractivity contribution >= 4 is 28.0 Å². The number of nitrogens with zero attached hydrogens (tertiary/aromatic N) is 2. The minimum absolute atomic E-state index is 0.614. The molecule has 24 heteroatoms. The van der Waals surface area contributed by atoms with E-state index in [2.05, 4.69) is 6.07 Å². The molecule has 0 aliphatic carbocycles. The van der Waals surface area contributed by atoms with Gasteiger partial charge < -0.3 is 0 Å². The van der Waals surface area contributed by atoms with Gasteiger partial charge in [-0.25, -0.2) is 87.8 Å². The van der Waals surface area contributed by atoms with Crippen molar-refractivity contribution < 1.29 is 97.4 Å². The summed E-state index contributed by atoms with van der Waals surface area (Å²) < 4.78 is 296. The molecule has 0 atom stereocenters. The lowest BCUT2D eigenvalue weighted by Gasteiger charge is -2.44. The van der Waals surface area contributed by atoms with Crippen molar-refractivity contribution in [2.45, 2.75) is 19.3 Å². The lowest BCUT2D eigenvalue weighted by molar-refractivity contribution is -0.891. The Balaban J connectivity index is 0.000000486. The van der Waals surface area contributed by atoms with Gasteiger partial charge in [0.05, 0.1) is 6.07 Å². The van der Waals surface area contributed by atoms with Crippen LogP contribution < -0.4 is 31.4 Å². The second kappa shape index (κ2) is 17.2. The number of unbranched alkanes of at least 4 members (excludes halogenated alkanes) is 2. The van der Waals surface area contributed by atoms with E-state index in [4.69, 9.17) is 10.1 Å². The van der Waals surface area contributed by atoms with Crippen molar-refractivity contribution in [3.8, 4) is 6.07 Å². The van der Waals surface area contributed by atoms with E-state index >= 15 is 35.1 Å². The summed E-state index contributed by atoms with van der Waals surface area (Å²) in [6.45, 7) is 0.663. The van der Waals surface area contributed by atoms with Crippen LogP contribution in [0.3, 0.4) is 0 Å². The summed E-state index contributed by atoms with van der Waals surface area (Å²) in [5.41, 5.74) is -14.3. The standard InChI is InChI=1S/C24BF20.C10H13N2O/c26-5-1(6(27)14(35)21(42)13(5)34)25(2-7(28)15(36)22(43)16(37)8(2)29,3-9(30)17(38)23(44)18(39)10(3)31)4-11(32)19(40)24(45)20(41)12(4)33;11-7-3-1-6-10-13-12-8-4-2-5-9-12/h;2,4-5,8-9H,1,3,6,10H2/q-1;+1. The molecular weight excluding hydrogens is 843 g/mol. The smallest absolute Gasteiger partial charge is 0.222 e. The molecule has 0 aliphatic heterocycles. The number of hydrogen-bond acceptors (Lipinski definition) is 2. The molecule has 58 heavy (non-hydrogen) atoms. The van der Waals surface area contributed by atoms with E-state index in [0.717, 1.165) is 12.8 Å². The van der Waals surface area contributed by atoms with Crippen molar-refractivity contribution in [3.05, 3.63) is 147 Å². The van der Waals surface area contributed by atoms with Gasteiger partial charge in [0.1, 0.15) is 52.7 Å². The summed E-state index contributed by atoms with van der Waals surface area (Å²) in [6, 6.07) is 7.87. The number of rotatable bonds is 9. The van der Waals surface area contributed by atoms with Crippen molar-refractivity contribution in [1.29, 1.82) is 5.26 Å². The Kier molecular flexibility index (Phi) is 13.3. The number of benzene rings is 4. The molecule has 0 N–H and O–H groups in total. The lowest BCUT2D eigenvalue weighted by Crippen LogP contribution is -2.81. The average Bonchev–Trinajstić information content (AvgIpc) is 3.21. The van der Waals surface area contributed by atoms with E-state index in [1.165, 1.54) is 0 Å². The quantitative estimate of drug-likeness (QED) is 0.0403. The average molecular weight is 856 g/mol. The van der Waals surface area contributed by atoms with E-state index in [-0.39, 0.29) is 0 Å². The lowest BCUT2D eigenvalue weighted by atomic mass is 9.12. The minimum Gasteiger partial charge on any atom is -0.271 e. The van der Waals surface area contributed by atoms with E-state index < -0.39 is 144 Å². The van der Waals surface area contributed by atoms with Crippen LogP contribution in [0.1, 0.15) is 19.3 Å². The Bertz CT molecular complexity index is 2080. The molecule has 0 saturated heterocycles. The highest BCUT2D eigenvalue weighted by Crippen LogP contribution is 2.30. The molecule has 5 rings (SSSR count). The van der Waals surface area contributed by atoms with Crippen LogP contribution in [0, 0.1) is 128 Å². The largest absolute Gasteiger partial charge is 0.271 e. The number of hydrogen-bond donors (Lipinski definition) is 0. The Morgan fingerprint density at radius 2 is 0.621 bits per heavy atom. The number of halogens is 20. The van der Waals surface area contributed by atoms with Gasteiger partial charge >= 0.3 is 0 Å². The van der Waals surface area contributed by atoms with Crippen LogP contribution in [-0.2, 0) is 0 Å². The van der Waals surface area contributed by atoms with Gasteiger partial charge in [-0.1, -0.05) is 6.07 Å². The maximum absolute atomic E-state index is 15.4. The molecule has 0 fully saturated rings. The highest BCUT2D eigenvalue weighted by Gasteiger charge is 2.52. The van der Waals surface area contributed by atoms with Crippen LogP contribution in [0.25, 0.3) is 0 Å². The van der Waals surface area contributed by atoms with Crippen molar-refractivity contribution in [3.63, 3.8) is 0 Å². The summed E-state index contributed by atoms with van der Waals surface area (Å²) in [5, 5.41) is 8.29. The van der Waals surface area contributed by atoms with Gasteiger partial charge in [0.2, 0.25) is 12.4 Å². The fraction of sp³-hybridized carbons (Fsp3) is 0.118. The Morgan fingerprint density at radius 3 is 0.862 bits per heavy atom. The van der Waals surface area contributed by atoms with Crippen molar-refractivity contribution in [2.75, 3.05) is 6.61 Å². The minimum atomic E-state index is -7.22. The molecule has 0 bridgehead atoms. The third kappa shape index (κ3) is 7.21. The molecule has 1 aromatic heterocycles. The first-order valence-electron chi connectivity index (χ1n) is 15.3. The fourth-order valence-electron chi connectivity index (χ4n) is 5.82. The Morgan fingerprint density at radius 1 is 0.379 bits per heavy atom. The van der Waals surface area contributed by atoms with Crippen LogP contribution in [0.4, 0.5) is 87.8 Å². The molecule has 5 aromatic rings. The second-order valence-electron chi connectivity index (χ2n) is 11.5. The van der Waals surface area contributed by atoms with Crippen LogP contribution in [0.2, 0.25) is 0 Å². The fourth-order valence-corrected chi connectivity index (χ4v) is 5.82. The maximum atomic E-state index is 15.4. The predicted molar refractivity (Wildman–Crippen MR) is 157 cm³/mol. The summed E-state index contributed by atoms with van der Waals surface area (Å²) in [4.78, 5) is 5.36. The molecule has 0 amide bonds. The van der Waals surface area contributed by atoms with Gasteiger partial charge in [0, 0.05) is 23.3 Å². The first-order chi connectivity index (χ1) is 27.1. The molecule has 0 radical (unpaired) electrons. The summed E-state index contributed by atoms with van der Waals surface area (Å²) in [5.74, 6) is -71.4. The highest BCUT2D eigenvalue weighted by atomic mass is 19.2. The van der Waals surface area contributed by atoms with E-state index in [1.807, 2.05) is 30.6 Å².